The minimum absolute atomic E-state index is 0.117. The highest BCUT2D eigenvalue weighted by Crippen LogP contribution is 2.30. The van der Waals surface area contributed by atoms with E-state index >= 15 is 0 Å². The number of anilines is 1. The Morgan fingerprint density at radius 1 is 1.43 bits per heavy atom. The van der Waals surface area contributed by atoms with Crippen LogP contribution in [0.5, 0.6) is 0 Å². The third-order valence-corrected chi connectivity index (χ3v) is 5.46. The molecule has 0 fully saturated rings. The van der Waals surface area contributed by atoms with Crippen LogP contribution >= 0.6 is 22.7 Å². The van der Waals surface area contributed by atoms with E-state index in [0.717, 1.165) is 17.7 Å². The molecule has 7 heteroatoms. The van der Waals surface area contributed by atoms with Crippen LogP contribution in [0.1, 0.15) is 45.6 Å². The van der Waals surface area contributed by atoms with Gasteiger partial charge in [-0.15, -0.1) is 22.7 Å². The first-order chi connectivity index (χ1) is 10.2. The number of hydrogen-bond donors (Lipinski definition) is 2. The van der Waals surface area contributed by atoms with E-state index in [9.17, 15) is 4.79 Å². The standard InChI is InChI=1S/C14H15N3O2S2/c1-8(17-19)10-7-20-14(15-10)16-13(18)12-6-9-4-2-3-5-11(9)21-12/h6-7,19H,2-5H2,1H3,(H,15,16,18). The van der Waals surface area contributed by atoms with Crippen molar-refractivity contribution in [3.63, 3.8) is 0 Å². The topological polar surface area (TPSA) is 74.6 Å². The molecule has 0 atom stereocenters. The Morgan fingerprint density at radius 2 is 2.24 bits per heavy atom. The zero-order valence-electron chi connectivity index (χ0n) is 11.5. The van der Waals surface area contributed by atoms with Crippen LogP contribution in [-0.2, 0) is 12.8 Å². The van der Waals surface area contributed by atoms with Gasteiger partial charge in [0, 0.05) is 10.3 Å². The van der Waals surface area contributed by atoms with Gasteiger partial charge in [-0.2, -0.15) is 0 Å². The first-order valence-corrected chi connectivity index (χ1v) is 8.44. The minimum Gasteiger partial charge on any atom is -0.411 e. The molecule has 21 heavy (non-hydrogen) atoms. The van der Waals surface area contributed by atoms with Gasteiger partial charge < -0.3 is 5.21 Å². The molecule has 2 N–H and O–H groups in total. The van der Waals surface area contributed by atoms with Gasteiger partial charge in [-0.3, -0.25) is 10.1 Å². The van der Waals surface area contributed by atoms with Crippen molar-refractivity contribution in [1.82, 2.24) is 4.98 Å². The highest BCUT2D eigenvalue weighted by Gasteiger charge is 2.18. The molecule has 3 rings (SSSR count). The number of nitrogens with one attached hydrogen (secondary N) is 1. The fourth-order valence-corrected chi connectivity index (χ4v) is 4.21. The van der Waals surface area contributed by atoms with Gasteiger partial charge in [0.15, 0.2) is 5.13 Å². The number of thiophene rings is 1. The number of carbonyl (C=O) groups excluding carboxylic acids is 1. The van der Waals surface area contributed by atoms with Crippen LogP contribution in [0.15, 0.2) is 16.6 Å². The summed E-state index contributed by atoms with van der Waals surface area (Å²) in [5, 5.41) is 16.9. The molecule has 0 aromatic carbocycles. The van der Waals surface area contributed by atoms with Crippen LogP contribution in [0.2, 0.25) is 0 Å². The Labute approximate surface area is 130 Å². The summed E-state index contributed by atoms with van der Waals surface area (Å²) < 4.78 is 0. The molecule has 0 aliphatic heterocycles. The zero-order valence-corrected chi connectivity index (χ0v) is 13.2. The Kier molecular flexibility index (Phi) is 4.03. The lowest BCUT2D eigenvalue weighted by Gasteiger charge is -2.08. The first kappa shape index (κ1) is 14.2. The number of aromatic nitrogens is 1. The molecule has 1 aliphatic carbocycles. The predicted molar refractivity (Wildman–Crippen MR) is 85.0 cm³/mol. The molecule has 0 saturated heterocycles. The van der Waals surface area contributed by atoms with E-state index in [-0.39, 0.29) is 5.91 Å². The quantitative estimate of drug-likeness (QED) is 0.516. The Balaban J connectivity index is 1.74. The molecule has 5 nitrogen and oxygen atoms in total. The van der Waals surface area contributed by atoms with Gasteiger partial charge in [-0.1, -0.05) is 5.16 Å². The van der Waals surface area contributed by atoms with Crippen LogP contribution < -0.4 is 5.32 Å². The lowest BCUT2D eigenvalue weighted by molar-refractivity contribution is 0.103. The second kappa shape index (κ2) is 5.95. The van der Waals surface area contributed by atoms with Crippen molar-refractivity contribution in [2.75, 3.05) is 5.32 Å². The van der Waals surface area contributed by atoms with Gasteiger partial charge in [0.2, 0.25) is 0 Å². The van der Waals surface area contributed by atoms with Gasteiger partial charge in [0.05, 0.1) is 4.88 Å². The highest BCUT2D eigenvalue weighted by molar-refractivity contribution is 7.15. The zero-order chi connectivity index (χ0) is 14.8. The minimum atomic E-state index is -0.117. The molecule has 0 bridgehead atoms. The van der Waals surface area contributed by atoms with Gasteiger partial charge >= 0.3 is 0 Å². The summed E-state index contributed by atoms with van der Waals surface area (Å²) in [4.78, 5) is 18.6. The Bertz CT molecular complexity index is 679. The number of rotatable bonds is 3. The fraction of sp³-hybridized carbons (Fsp3) is 0.357. The van der Waals surface area contributed by atoms with Crippen molar-refractivity contribution in [3.05, 3.63) is 32.5 Å². The number of thiazole rings is 1. The van der Waals surface area contributed by atoms with E-state index in [1.165, 1.54) is 34.6 Å². The van der Waals surface area contributed by atoms with E-state index in [4.69, 9.17) is 5.21 Å². The van der Waals surface area contributed by atoms with E-state index in [0.29, 0.717) is 16.5 Å². The normalized spacial score (nSPS) is 14.8. The maximum atomic E-state index is 12.3. The largest absolute Gasteiger partial charge is 0.411 e. The molecule has 1 amide bonds. The second-order valence-electron chi connectivity index (χ2n) is 4.94. The van der Waals surface area contributed by atoms with Crippen LogP contribution in [0, 0.1) is 0 Å². The molecular weight excluding hydrogens is 306 g/mol. The SMILES string of the molecule is CC(=NO)c1csc(NC(=O)c2cc3c(s2)CCCC3)n1. The summed E-state index contributed by atoms with van der Waals surface area (Å²) in [5.41, 5.74) is 2.32. The summed E-state index contributed by atoms with van der Waals surface area (Å²) in [6.07, 6.45) is 4.58. The third-order valence-electron chi connectivity index (χ3n) is 3.47. The Hall–Kier alpha value is -1.73. The summed E-state index contributed by atoms with van der Waals surface area (Å²) in [6.45, 7) is 1.66. The molecule has 0 radical (unpaired) electrons. The number of fused-ring (bicyclic) bond motifs is 1. The van der Waals surface area contributed by atoms with Gasteiger partial charge in [0.25, 0.3) is 5.91 Å². The number of carbonyl (C=O) groups is 1. The predicted octanol–water partition coefficient (Wildman–Crippen LogP) is 3.53. The van der Waals surface area contributed by atoms with Gasteiger partial charge in [-0.25, -0.2) is 4.98 Å². The van der Waals surface area contributed by atoms with E-state index < -0.39 is 0 Å². The number of hydrogen-bond acceptors (Lipinski definition) is 6. The number of aryl methyl sites for hydroxylation is 2. The molecular formula is C14H15N3O2S2. The van der Waals surface area contributed by atoms with Crippen molar-refractivity contribution < 1.29 is 10.0 Å². The number of nitrogens with zero attached hydrogens (tertiary/aromatic N) is 2. The molecule has 2 aromatic rings. The third kappa shape index (κ3) is 2.98. The van der Waals surface area contributed by atoms with Crippen molar-refractivity contribution in [1.29, 1.82) is 0 Å². The maximum absolute atomic E-state index is 12.3. The smallest absolute Gasteiger partial charge is 0.267 e. The van der Waals surface area contributed by atoms with Crippen molar-refractivity contribution in [2.45, 2.75) is 32.6 Å². The molecule has 110 valence electrons. The molecule has 2 aromatic heterocycles. The highest BCUT2D eigenvalue weighted by atomic mass is 32.1. The summed E-state index contributed by atoms with van der Waals surface area (Å²) in [7, 11) is 0. The monoisotopic (exact) mass is 321 g/mol. The fourth-order valence-electron chi connectivity index (χ4n) is 2.31. The summed E-state index contributed by atoms with van der Waals surface area (Å²) in [6, 6.07) is 2.00. The average Bonchev–Trinajstić information content (AvgIpc) is 3.12. The van der Waals surface area contributed by atoms with Crippen molar-refractivity contribution >= 4 is 39.4 Å². The lowest BCUT2D eigenvalue weighted by Crippen LogP contribution is -2.10. The van der Waals surface area contributed by atoms with Crippen molar-refractivity contribution in [3.8, 4) is 0 Å². The average molecular weight is 321 g/mol. The second-order valence-corrected chi connectivity index (χ2v) is 6.94. The molecule has 2 heterocycles. The molecule has 0 spiro atoms. The first-order valence-electron chi connectivity index (χ1n) is 6.75. The van der Waals surface area contributed by atoms with E-state index in [2.05, 4.69) is 15.5 Å². The van der Waals surface area contributed by atoms with Gasteiger partial charge in [-0.05, 0) is 44.2 Å². The molecule has 1 aliphatic rings. The number of oxime groups is 1. The lowest BCUT2D eigenvalue weighted by atomic mass is 9.99. The van der Waals surface area contributed by atoms with Crippen molar-refractivity contribution in [2.24, 2.45) is 5.16 Å². The van der Waals surface area contributed by atoms with E-state index in [1.54, 1.807) is 23.6 Å². The maximum Gasteiger partial charge on any atom is 0.267 e. The Morgan fingerprint density at radius 3 is 3.00 bits per heavy atom. The summed E-state index contributed by atoms with van der Waals surface area (Å²) in [5.74, 6) is -0.117. The summed E-state index contributed by atoms with van der Waals surface area (Å²) >= 11 is 2.90. The number of amides is 1. The van der Waals surface area contributed by atoms with E-state index in [1.807, 2.05) is 6.07 Å². The molecule has 0 saturated carbocycles. The van der Waals surface area contributed by atoms with Crippen LogP contribution in [-0.4, -0.2) is 21.8 Å². The van der Waals surface area contributed by atoms with Crippen LogP contribution in [0.4, 0.5) is 5.13 Å². The van der Waals surface area contributed by atoms with Gasteiger partial charge in [0.1, 0.15) is 11.4 Å². The van der Waals surface area contributed by atoms with Crippen LogP contribution in [0.3, 0.4) is 0 Å². The molecule has 0 unspecified atom stereocenters. The van der Waals surface area contributed by atoms with Crippen LogP contribution in [0.25, 0.3) is 0 Å².